The lowest BCUT2D eigenvalue weighted by Crippen LogP contribution is -2.21. The lowest BCUT2D eigenvalue weighted by Gasteiger charge is -2.19. The van der Waals surface area contributed by atoms with Crippen LogP contribution in [-0.4, -0.2) is 33.1 Å². The molecule has 1 fully saturated rings. The maximum Gasteiger partial charge on any atom is 0.229 e. The number of fused-ring (bicyclic) bond motifs is 2. The van der Waals surface area contributed by atoms with Crippen LogP contribution in [0.4, 0.5) is 11.6 Å². The molecule has 2 aromatic heterocycles. The topological polar surface area (TPSA) is 74.2 Å². The Morgan fingerprint density at radius 2 is 1.90 bits per heavy atom. The molecule has 5 rings (SSSR count). The van der Waals surface area contributed by atoms with Gasteiger partial charge in [-0.1, -0.05) is 13.0 Å². The molecule has 3 heterocycles. The standard InChI is InChI=1S/C24H27N5OS/c1-4-28-31-18-5-6-19-21(12-18)29(15-24(19)8-9-24)22-26-13-16(14-27-22)20-11-17(7-10-25-20)23(2,3)30/h5-7,10-14,28,30H,4,8-9,15H2,1-3H3. The van der Waals surface area contributed by atoms with Crippen LogP contribution >= 0.6 is 11.9 Å². The first-order valence-electron chi connectivity index (χ1n) is 10.7. The fourth-order valence-corrected chi connectivity index (χ4v) is 4.81. The van der Waals surface area contributed by atoms with Crippen molar-refractivity contribution in [3.63, 3.8) is 0 Å². The van der Waals surface area contributed by atoms with E-state index in [-0.39, 0.29) is 5.41 Å². The minimum atomic E-state index is -0.918. The van der Waals surface area contributed by atoms with Gasteiger partial charge in [-0.2, -0.15) is 0 Å². The number of nitrogens with zero attached hydrogens (tertiary/aromatic N) is 4. The molecule has 2 N–H and O–H groups in total. The first kappa shape index (κ1) is 20.4. The van der Waals surface area contributed by atoms with E-state index in [1.165, 1.54) is 29.0 Å². The first-order valence-corrected chi connectivity index (χ1v) is 11.5. The summed E-state index contributed by atoms with van der Waals surface area (Å²) in [5, 5.41) is 10.3. The van der Waals surface area contributed by atoms with Crippen LogP contribution in [0, 0.1) is 0 Å². The molecule has 2 aliphatic rings. The average Bonchev–Trinajstić information content (AvgIpc) is 3.48. The normalized spacial score (nSPS) is 16.6. The van der Waals surface area contributed by atoms with Gasteiger partial charge < -0.3 is 10.0 Å². The molecule has 0 radical (unpaired) electrons. The molecule has 0 atom stereocenters. The largest absolute Gasteiger partial charge is 0.386 e. The molecule has 3 aromatic rings. The lowest BCUT2D eigenvalue weighted by molar-refractivity contribution is 0.0785. The van der Waals surface area contributed by atoms with Crippen LogP contribution in [0.2, 0.25) is 0 Å². The maximum atomic E-state index is 10.3. The van der Waals surface area contributed by atoms with E-state index < -0.39 is 5.60 Å². The second kappa shape index (κ2) is 7.58. The van der Waals surface area contributed by atoms with Gasteiger partial charge in [0, 0.05) is 53.2 Å². The highest BCUT2D eigenvalue weighted by molar-refractivity contribution is 7.97. The zero-order chi connectivity index (χ0) is 21.6. The second-order valence-corrected chi connectivity index (χ2v) is 9.87. The smallest absolute Gasteiger partial charge is 0.229 e. The van der Waals surface area contributed by atoms with Crippen molar-refractivity contribution < 1.29 is 5.11 Å². The van der Waals surface area contributed by atoms with E-state index in [1.54, 1.807) is 32.0 Å². The van der Waals surface area contributed by atoms with E-state index in [9.17, 15) is 5.11 Å². The number of anilines is 2. The van der Waals surface area contributed by atoms with Gasteiger partial charge in [0.25, 0.3) is 0 Å². The van der Waals surface area contributed by atoms with E-state index in [0.29, 0.717) is 0 Å². The van der Waals surface area contributed by atoms with Gasteiger partial charge in [-0.15, -0.1) is 0 Å². The molecule has 1 aromatic carbocycles. The van der Waals surface area contributed by atoms with Crippen LogP contribution < -0.4 is 9.62 Å². The van der Waals surface area contributed by atoms with Gasteiger partial charge in [0.2, 0.25) is 5.95 Å². The Kier molecular flexibility index (Phi) is 5.00. The second-order valence-electron chi connectivity index (χ2n) is 8.91. The molecule has 7 heteroatoms. The molecule has 1 aliphatic heterocycles. The lowest BCUT2D eigenvalue weighted by atomic mass is 9.98. The van der Waals surface area contributed by atoms with Crippen LogP contribution in [0.3, 0.4) is 0 Å². The summed E-state index contributed by atoms with van der Waals surface area (Å²) < 4.78 is 3.33. The summed E-state index contributed by atoms with van der Waals surface area (Å²) in [5.41, 5.74) is 4.40. The summed E-state index contributed by atoms with van der Waals surface area (Å²) >= 11 is 1.66. The quantitative estimate of drug-likeness (QED) is 0.552. The number of nitrogens with one attached hydrogen (secondary N) is 1. The molecule has 31 heavy (non-hydrogen) atoms. The minimum absolute atomic E-state index is 0.265. The fourth-order valence-electron chi connectivity index (χ4n) is 4.19. The Labute approximate surface area is 187 Å². The van der Waals surface area contributed by atoms with Gasteiger partial charge in [-0.25, -0.2) is 9.97 Å². The van der Waals surface area contributed by atoms with Gasteiger partial charge in [0.1, 0.15) is 0 Å². The monoisotopic (exact) mass is 433 g/mol. The van der Waals surface area contributed by atoms with Gasteiger partial charge in [-0.05, 0) is 74.0 Å². The predicted octanol–water partition coefficient (Wildman–Crippen LogP) is 4.57. The molecule has 0 bridgehead atoms. The zero-order valence-corrected chi connectivity index (χ0v) is 18.9. The third-order valence-corrected chi connectivity index (χ3v) is 7.04. The Balaban J connectivity index is 1.45. The van der Waals surface area contributed by atoms with Crippen molar-refractivity contribution in [2.45, 2.75) is 49.5 Å². The minimum Gasteiger partial charge on any atom is -0.386 e. The Hall–Kier alpha value is -2.48. The Morgan fingerprint density at radius 3 is 2.58 bits per heavy atom. The van der Waals surface area contributed by atoms with E-state index >= 15 is 0 Å². The van der Waals surface area contributed by atoms with Crippen molar-refractivity contribution in [1.29, 1.82) is 0 Å². The summed E-state index contributed by atoms with van der Waals surface area (Å²) in [4.78, 5) is 17.3. The van der Waals surface area contributed by atoms with E-state index in [4.69, 9.17) is 9.97 Å². The summed E-state index contributed by atoms with van der Waals surface area (Å²) in [6.07, 6.45) is 7.82. The van der Waals surface area contributed by atoms with E-state index in [0.717, 1.165) is 35.9 Å². The molecule has 1 spiro atoms. The third kappa shape index (κ3) is 3.82. The van der Waals surface area contributed by atoms with Crippen molar-refractivity contribution in [1.82, 2.24) is 19.7 Å². The predicted molar refractivity (Wildman–Crippen MR) is 124 cm³/mol. The summed E-state index contributed by atoms with van der Waals surface area (Å²) in [7, 11) is 0. The molecule has 0 amide bonds. The number of pyridine rings is 1. The first-order chi connectivity index (χ1) is 14.9. The third-order valence-electron chi connectivity index (χ3n) is 6.12. The molecule has 160 valence electrons. The highest BCUT2D eigenvalue weighted by atomic mass is 32.2. The summed E-state index contributed by atoms with van der Waals surface area (Å²) in [6.45, 7) is 7.50. The van der Waals surface area contributed by atoms with Crippen molar-refractivity contribution in [2.75, 3.05) is 18.0 Å². The fraction of sp³-hybridized carbons (Fsp3) is 0.375. The number of hydrogen-bond acceptors (Lipinski definition) is 7. The van der Waals surface area contributed by atoms with Gasteiger partial charge in [0.05, 0.1) is 11.3 Å². The van der Waals surface area contributed by atoms with Crippen LogP contribution in [0.1, 0.15) is 44.7 Å². The van der Waals surface area contributed by atoms with Crippen LogP contribution in [-0.2, 0) is 11.0 Å². The SMILES string of the molecule is CCNSc1ccc2c(c1)N(c1ncc(-c3cc(C(C)(C)O)ccn3)cn1)CC21CC1. The van der Waals surface area contributed by atoms with Gasteiger partial charge in [0.15, 0.2) is 0 Å². The number of benzene rings is 1. The average molecular weight is 434 g/mol. The molecule has 1 saturated carbocycles. The van der Waals surface area contributed by atoms with Gasteiger partial charge >= 0.3 is 0 Å². The molecular weight excluding hydrogens is 406 g/mol. The van der Waals surface area contributed by atoms with Crippen molar-refractivity contribution in [2.24, 2.45) is 0 Å². The molecule has 1 aliphatic carbocycles. The highest BCUT2D eigenvalue weighted by Crippen LogP contribution is 2.58. The zero-order valence-electron chi connectivity index (χ0n) is 18.1. The number of hydrogen-bond donors (Lipinski definition) is 2. The van der Waals surface area contributed by atoms with Gasteiger partial charge in [-0.3, -0.25) is 9.71 Å². The van der Waals surface area contributed by atoms with E-state index in [2.05, 4.69) is 39.7 Å². The summed E-state index contributed by atoms with van der Waals surface area (Å²) in [6, 6.07) is 10.5. The van der Waals surface area contributed by atoms with Crippen LogP contribution in [0.15, 0.2) is 53.8 Å². The molecular formula is C24H27N5OS. The van der Waals surface area contributed by atoms with Crippen molar-refractivity contribution in [3.8, 4) is 11.3 Å². The molecule has 0 saturated heterocycles. The Bertz CT molecular complexity index is 1110. The molecule has 0 unspecified atom stereocenters. The van der Waals surface area contributed by atoms with Crippen LogP contribution in [0.5, 0.6) is 0 Å². The maximum absolute atomic E-state index is 10.3. The highest BCUT2D eigenvalue weighted by Gasteiger charge is 2.52. The van der Waals surface area contributed by atoms with Crippen molar-refractivity contribution >= 4 is 23.6 Å². The summed E-state index contributed by atoms with van der Waals surface area (Å²) in [5.74, 6) is 0.720. The molecule has 6 nitrogen and oxygen atoms in total. The number of aromatic nitrogens is 3. The van der Waals surface area contributed by atoms with Crippen LogP contribution in [0.25, 0.3) is 11.3 Å². The van der Waals surface area contributed by atoms with Crippen molar-refractivity contribution in [3.05, 3.63) is 60.0 Å². The number of aliphatic hydroxyl groups is 1. The Morgan fingerprint density at radius 1 is 1.13 bits per heavy atom. The number of rotatable bonds is 6. The van der Waals surface area contributed by atoms with E-state index in [1.807, 2.05) is 24.5 Å².